The number of pyridine rings is 1. The van der Waals surface area contributed by atoms with Gasteiger partial charge in [0.1, 0.15) is 6.61 Å². The third-order valence-electron chi connectivity index (χ3n) is 4.37. The number of nitrogens with one attached hydrogen (secondary N) is 1. The van der Waals surface area contributed by atoms with Crippen molar-refractivity contribution in [3.05, 3.63) is 66.0 Å². The number of anilines is 2. The van der Waals surface area contributed by atoms with Gasteiger partial charge in [-0.3, -0.25) is 9.69 Å². The van der Waals surface area contributed by atoms with Crippen molar-refractivity contribution in [3.8, 4) is 0 Å². The summed E-state index contributed by atoms with van der Waals surface area (Å²) >= 11 is 0. The van der Waals surface area contributed by atoms with E-state index < -0.39 is 0 Å². The Balaban J connectivity index is 1.62. The predicted octanol–water partition coefficient (Wildman–Crippen LogP) is 3.46. The molecular formula is C19H17N3O3. The summed E-state index contributed by atoms with van der Waals surface area (Å²) in [6.45, 7) is 2.78. The normalized spacial score (nSPS) is 14.0. The molecule has 0 aliphatic carbocycles. The third kappa shape index (κ3) is 2.71. The minimum Gasteiger partial charge on any atom is -0.447 e. The van der Waals surface area contributed by atoms with Gasteiger partial charge in [0.05, 0.1) is 17.8 Å². The molecule has 3 heterocycles. The fraction of sp³-hybridized carbons (Fsp3) is 0.158. The van der Waals surface area contributed by atoms with Crippen molar-refractivity contribution >= 4 is 28.9 Å². The van der Waals surface area contributed by atoms with E-state index in [0.29, 0.717) is 24.4 Å². The highest BCUT2D eigenvalue weighted by molar-refractivity contribution is 6.06. The van der Waals surface area contributed by atoms with E-state index in [2.05, 4.69) is 5.32 Å². The number of aromatic nitrogens is 1. The maximum absolute atomic E-state index is 12.6. The first kappa shape index (κ1) is 15.3. The van der Waals surface area contributed by atoms with Gasteiger partial charge in [0, 0.05) is 23.6 Å². The molecule has 3 aromatic rings. The van der Waals surface area contributed by atoms with Crippen molar-refractivity contribution in [2.24, 2.45) is 0 Å². The summed E-state index contributed by atoms with van der Waals surface area (Å²) in [6.07, 6.45) is 3.34. The number of carbonyl (C=O) groups excluding carboxylic acids is 2. The summed E-state index contributed by atoms with van der Waals surface area (Å²) in [5, 5.41) is 2.94. The van der Waals surface area contributed by atoms with Crippen LogP contribution in [0.1, 0.15) is 15.9 Å². The highest BCUT2D eigenvalue weighted by Gasteiger charge is 2.25. The van der Waals surface area contributed by atoms with Crippen LogP contribution in [0.25, 0.3) is 5.52 Å². The highest BCUT2D eigenvalue weighted by Crippen LogP contribution is 2.29. The Morgan fingerprint density at radius 2 is 2.08 bits per heavy atom. The Bertz CT molecular complexity index is 944. The molecule has 1 aliphatic heterocycles. The average molecular weight is 335 g/mol. The molecular weight excluding hydrogens is 318 g/mol. The molecule has 0 bridgehead atoms. The highest BCUT2D eigenvalue weighted by atomic mass is 16.6. The van der Waals surface area contributed by atoms with E-state index in [1.807, 2.05) is 60.0 Å². The smallest absolute Gasteiger partial charge is 0.414 e. The number of ether oxygens (including phenoxy) is 1. The largest absolute Gasteiger partial charge is 0.447 e. The number of hydrogen-bond acceptors (Lipinski definition) is 3. The van der Waals surface area contributed by atoms with E-state index in [4.69, 9.17) is 4.74 Å². The number of amides is 2. The number of rotatable bonds is 3. The molecule has 0 unspecified atom stereocenters. The Morgan fingerprint density at radius 3 is 2.84 bits per heavy atom. The molecule has 2 aromatic heterocycles. The number of hydrogen-bond donors (Lipinski definition) is 1. The van der Waals surface area contributed by atoms with Crippen molar-refractivity contribution in [3.63, 3.8) is 0 Å². The zero-order valence-corrected chi connectivity index (χ0v) is 13.7. The van der Waals surface area contributed by atoms with Gasteiger partial charge in [-0.15, -0.1) is 0 Å². The number of carbonyl (C=O) groups is 2. The molecule has 2 amide bonds. The zero-order chi connectivity index (χ0) is 17.4. The van der Waals surface area contributed by atoms with Crippen LogP contribution in [-0.2, 0) is 4.74 Å². The van der Waals surface area contributed by atoms with Crippen molar-refractivity contribution in [1.82, 2.24) is 4.40 Å². The molecule has 0 atom stereocenters. The summed E-state index contributed by atoms with van der Waals surface area (Å²) in [7, 11) is 0. The number of benzene rings is 1. The molecule has 6 nitrogen and oxygen atoms in total. The predicted molar refractivity (Wildman–Crippen MR) is 95.2 cm³/mol. The van der Waals surface area contributed by atoms with Gasteiger partial charge in [0.25, 0.3) is 5.91 Å². The van der Waals surface area contributed by atoms with Crippen LogP contribution in [0.2, 0.25) is 0 Å². The van der Waals surface area contributed by atoms with E-state index in [1.165, 1.54) is 0 Å². The second-order valence-electron chi connectivity index (χ2n) is 5.93. The van der Waals surface area contributed by atoms with E-state index in [9.17, 15) is 9.59 Å². The van der Waals surface area contributed by atoms with Gasteiger partial charge in [-0.05, 0) is 42.8 Å². The van der Waals surface area contributed by atoms with Crippen molar-refractivity contribution in [2.45, 2.75) is 6.92 Å². The minimum absolute atomic E-state index is 0.187. The maximum atomic E-state index is 12.6. The molecule has 6 heteroatoms. The Morgan fingerprint density at radius 1 is 1.20 bits per heavy atom. The molecule has 126 valence electrons. The summed E-state index contributed by atoms with van der Waals surface area (Å²) in [4.78, 5) is 26.0. The summed E-state index contributed by atoms with van der Waals surface area (Å²) in [5.74, 6) is -0.187. The van der Waals surface area contributed by atoms with Crippen molar-refractivity contribution in [1.29, 1.82) is 0 Å². The van der Waals surface area contributed by atoms with Crippen LogP contribution in [0.3, 0.4) is 0 Å². The number of cyclic esters (lactones) is 1. The van der Waals surface area contributed by atoms with E-state index in [1.54, 1.807) is 11.1 Å². The van der Waals surface area contributed by atoms with Crippen molar-refractivity contribution < 1.29 is 14.3 Å². The summed E-state index contributed by atoms with van der Waals surface area (Å²) in [5.41, 5.74) is 3.80. The standard InChI is InChI=1S/C19H17N3O3/c1-13-16(6-4-7-17(13)22-9-10-25-19(22)24)20-18(23)14-11-15-5-2-3-8-21(15)12-14/h2-8,11-12H,9-10H2,1H3,(H,20,23). The lowest BCUT2D eigenvalue weighted by molar-refractivity contribution is 0.102. The second-order valence-corrected chi connectivity index (χ2v) is 5.93. The van der Waals surface area contributed by atoms with Crippen LogP contribution in [0.5, 0.6) is 0 Å². The van der Waals surface area contributed by atoms with Gasteiger partial charge in [0.15, 0.2) is 0 Å². The average Bonchev–Trinajstić information content (AvgIpc) is 3.23. The van der Waals surface area contributed by atoms with E-state index >= 15 is 0 Å². The summed E-state index contributed by atoms with van der Waals surface area (Å²) in [6, 6.07) is 13.1. The maximum Gasteiger partial charge on any atom is 0.414 e. The Kier molecular flexibility index (Phi) is 3.65. The van der Waals surface area contributed by atoms with Crippen LogP contribution in [0, 0.1) is 6.92 Å². The van der Waals surface area contributed by atoms with Gasteiger partial charge in [-0.2, -0.15) is 0 Å². The molecule has 0 spiro atoms. The molecule has 1 N–H and O–H groups in total. The third-order valence-corrected chi connectivity index (χ3v) is 4.37. The lowest BCUT2D eigenvalue weighted by Gasteiger charge is -2.18. The first-order chi connectivity index (χ1) is 12.1. The van der Waals surface area contributed by atoms with Gasteiger partial charge in [0.2, 0.25) is 0 Å². The molecule has 0 saturated carbocycles. The fourth-order valence-corrected chi connectivity index (χ4v) is 3.04. The van der Waals surface area contributed by atoms with Crippen LogP contribution < -0.4 is 10.2 Å². The molecule has 1 saturated heterocycles. The van der Waals surface area contributed by atoms with E-state index in [-0.39, 0.29) is 12.0 Å². The Labute approximate surface area is 144 Å². The van der Waals surface area contributed by atoms with Gasteiger partial charge >= 0.3 is 6.09 Å². The zero-order valence-electron chi connectivity index (χ0n) is 13.7. The van der Waals surface area contributed by atoms with Gasteiger partial charge in [-0.25, -0.2) is 4.79 Å². The van der Waals surface area contributed by atoms with Crippen molar-refractivity contribution in [2.75, 3.05) is 23.4 Å². The fourth-order valence-electron chi connectivity index (χ4n) is 3.04. The molecule has 1 fully saturated rings. The SMILES string of the molecule is Cc1c(NC(=O)c2cc3ccccn3c2)cccc1N1CCOC1=O. The van der Waals surface area contributed by atoms with Crippen LogP contribution >= 0.6 is 0 Å². The minimum atomic E-state index is -0.356. The number of fused-ring (bicyclic) bond motifs is 1. The second kappa shape index (κ2) is 5.98. The Hall–Kier alpha value is -3.28. The summed E-state index contributed by atoms with van der Waals surface area (Å²) < 4.78 is 6.90. The quantitative estimate of drug-likeness (QED) is 0.797. The molecule has 4 rings (SSSR count). The van der Waals surface area contributed by atoms with Gasteiger partial charge in [-0.1, -0.05) is 12.1 Å². The topological polar surface area (TPSA) is 63.1 Å². The lowest BCUT2D eigenvalue weighted by Crippen LogP contribution is -2.24. The van der Waals surface area contributed by atoms with Gasteiger partial charge < -0.3 is 14.5 Å². The molecule has 1 aromatic carbocycles. The first-order valence-corrected chi connectivity index (χ1v) is 8.05. The van der Waals surface area contributed by atoms with Crippen LogP contribution in [0.4, 0.5) is 16.2 Å². The molecule has 25 heavy (non-hydrogen) atoms. The monoisotopic (exact) mass is 335 g/mol. The lowest BCUT2D eigenvalue weighted by atomic mass is 10.1. The molecule has 1 aliphatic rings. The molecule has 0 radical (unpaired) electrons. The van der Waals surface area contributed by atoms with E-state index in [0.717, 1.165) is 16.8 Å². The number of nitrogens with zero attached hydrogens (tertiary/aromatic N) is 2. The first-order valence-electron chi connectivity index (χ1n) is 8.05. The van der Waals surface area contributed by atoms with Crippen LogP contribution in [-0.4, -0.2) is 29.6 Å². The van der Waals surface area contributed by atoms with Crippen LogP contribution in [0.15, 0.2) is 54.9 Å².